The molecule has 0 aliphatic carbocycles. The number of methoxy groups -OCH3 is 1. The lowest BCUT2D eigenvalue weighted by Gasteiger charge is -2.28. The van der Waals surface area contributed by atoms with E-state index < -0.39 is 23.4 Å². The molecular weight excluding hydrogens is 412 g/mol. The number of anilines is 2. The minimum atomic E-state index is -1.27. The van der Waals surface area contributed by atoms with Crippen molar-refractivity contribution in [1.29, 1.82) is 0 Å². The van der Waals surface area contributed by atoms with Crippen LogP contribution in [0.25, 0.3) is 0 Å². The van der Waals surface area contributed by atoms with Gasteiger partial charge in [-0.05, 0) is 48.9 Å². The van der Waals surface area contributed by atoms with Gasteiger partial charge < -0.3 is 25.0 Å². The van der Waals surface area contributed by atoms with Crippen LogP contribution in [0.15, 0.2) is 48.5 Å². The van der Waals surface area contributed by atoms with Gasteiger partial charge in [0.15, 0.2) is 0 Å². The van der Waals surface area contributed by atoms with Crippen LogP contribution in [0.2, 0.25) is 0 Å². The average molecular weight is 438 g/mol. The zero-order valence-corrected chi connectivity index (χ0v) is 18.1. The average Bonchev–Trinajstić information content (AvgIpc) is 3.04. The van der Waals surface area contributed by atoms with Crippen LogP contribution in [0, 0.1) is 0 Å². The molecule has 168 valence electrons. The molecule has 4 amide bonds. The lowest BCUT2D eigenvalue weighted by molar-refractivity contribution is -0.133. The second kappa shape index (κ2) is 8.88. The van der Waals surface area contributed by atoms with Crippen LogP contribution >= 0.6 is 0 Å². The van der Waals surface area contributed by atoms with E-state index in [0.29, 0.717) is 30.2 Å². The molecule has 2 aromatic carbocycles. The van der Waals surface area contributed by atoms with E-state index in [9.17, 15) is 14.4 Å². The molecule has 9 heteroatoms. The molecule has 2 aliphatic heterocycles. The highest BCUT2D eigenvalue weighted by Crippen LogP contribution is 2.30. The van der Waals surface area contributed by atoms with Gasteiger partial charge in [-0.1, -0.05) is 12.1 Å². The predicted octanol–water partition coefficient (Wildman–Crippen LogP) is 1.94. The molecule has 2 fully saturated rings. The Morgan fingerprint density at radius 1 is 1.16 bits per heavy atom. The Kier molecular flexibility index (Phi) is 6.00. The second-order valence-electron chi connectivity index (χ2n) is 7.87. The summed E-state index contributed by atoms with van der Waals surface area (Å²) in [4.78, 5) is 41.3. The van der Waals surface area contributed by atoms with Gasteiger partial charge >= 0.3 is 6.03 Å². The summed E-state index contributed by atoms with van der Waals surface area (Å²) < 4.78 is 10.6. The highest BCUT2D eigenvalue weighted by molar-refractivity contribution is 6.10. The van der Waals surface area contributed by atoms with Gasteiger partial charge in [0.1, 0.15) is 17.8 Å². The Hall–Kier alpha value is -3.59. The maximum absolute atomic E-state index is 13.1. The van der Waals surface area contributed by atoms with E-state index in [1.54, 1.807) is 43.3 Å². The first kappa shape index (κ1) is 21.6. The fourth-order valence-corrected chi connectivity index (χ4v) is 3.89. The fraction of sp³-hybridized carbons (Fsp3) is 0.348. The smallest absolute Gasteiger partial charge is 0.325 e. The summed E-state index contributed by atoms with van der Waals surface area (Å²) in [6.07, 6.45) is 0. The monoisotopic (exact) mass is 438 g/mol. The molecule has 2 saturated heterocycles. The maximum atomic E-state index is 13.1. The molecule has 9 nitrogen and oxygen atoms in total. The lowest BCUT2D eigenvalue weighted by atomic mass is 9.92. The Labute approximate surface area is 186 Å². The fourth-order valence-electron chi connectivity index (χ4n) is 3.89. The Morgan fingerprint density at radius 3 is 2.56 bits per heavy atom. The molecule has 0 saturated carbocycles. The largest absolute Gasteiger partial charge is 0.497 e. The van der Waals surface area contributed by atoms with Crippen LogP contribution in [0.1, 0.15) is 12.5 Å². The minimum absolute atomic E-state index is 0.380. The van der Waals surface area contributed by atoms with Crippen molar-refractivity contribution in [3.8, 4) is 5.75 Å². The number of carbonyl (C=O) groups excluding carboxylic acids is 3. The molecule has 4 rings (SSSR count). The van der Waals surface area contributed by atoms with Crippen molar-refractivity contribution in [1.82, 2.24) is 10.2 Å². The van der Waals surface area contributed by atoms with Crippen molar-refractivity contribution in [3.63, 3.8) is 0 Å². The summed E-state index contributed by atoms with van der Waals surface area (Å²) in [7, 11) is 1.53. The van der Waals surface area contributed by atoms with Gasteiger partial charge in [0, 0.05) is 24.5 Å². The zero-order chi connectivity index (χ0) is 22.7. The van der Waals surface area contributed by atoms with Crippen molar-refractivity contribution in [2.24, 2.45) is 0 Å². The van der Waals surface area contributed by atoms with E-state index in [2.05, 4.69) is 15.5 Å². The molecule has 32 heavy (non-hydrogen) atoms. The first-order valence-corrected chi connectivity index (χ1v) is 10.4. The number of amides is 4. The van der Waals surface area contributed by atoms with Crippen LogP contribution in [0.4, 0.5) is 16.2 Å². The Bertz CT molecular complexity index is 1020. The molecule has 2 aliphatic rings. The van der Waals surface area contributed by atoms with E-state index in [1.807, 2.05) is 12.1 Å². The lowest BCUT2D eigenvalue weighted by Crippen LogP contribution is -2.42. The number of imide groups is 1. The summed E-state index contributed by atoms with van der Waals surface area (Å²) in [6, 6.07) is 13.8. The van der Waals surface area contributed by atoms with E-state index in [-0.39, 0.29) is 6.54 Å². The van der Waals surface area contributed by atoms with Gasteiger partial charge in [-0.2, -0.15) is 0 Å². The van der Waals surface area contributed by atoms with Crippen LogP contribution in [-0.2, 0) is 19.9 Å². The van der Waals surface area contributed by atoms with Crippen molar-refractivity contribution < 1.29 is 23.9 Å². The third-order valence-corrected chi connectivity index (χ3v) is 5.75. The topological polar surface area (TPSA) is 100 Å². The van der Waals surface area contributed by atoms with Crippen LogP contribution in [-0.4, -0.2) is 62.7 Å². The van der Waals surface area contributed by atoms with Crippen molar-refractivity contribution in [2.45, 2.75) is 12.5 Å². The van der Waals surface area contributed by atoms with Crippen molar-refractivity contribution in [2.75, 3.05) is 50.2 Å². The number of nitrogens with zero attached hydrogens (tertiary/aromatic N) is 2. The Morgan fingerprint density at radius 2 is 1.88 bits per heavy atom. The van der Waals surface area contributed by atoms with E-state index in [0.717, 1.165) is 23.7 Å². The standard InChI is InChI=1S/C23H26N4O5/c1-23(16-4-3-5-19(14-16)31-2)21(29)27(22(30)25-23)15-20(28)24-17-6-8-18(9-7-17)26-10-12-32-13-11-26/h3-9,14H,10-13,15H2,1-2H3,(H,24,28)(H,25,30)/t23-/m1/s1. The molecule has 2 heterocycles. The molecular formula is C23H26N4O5. The summed E-state index contributed by atoms with van der Waals surface area (Å²) in [5.41, 5.74) is 0.951. The van der Waals surface area contributed by atoms with Crippen LogP contribution in [0.5, 0.6) is 5.75 Å². The molecule has 2 aromatic rings. The molecule has 1 atom stereocenters. The summed E-state index contributed by atoms with van der Waals surface area (Å²) in [5, 5.41) is 5.45. The molecule has 0 spiro atoms. The third-order valence-electron chi connectivity index (χ3n) is 5.75. The molecule has 0 bridgehead atoms. The number of urea groups is 1. The highest BCUT2D eigenvalue weighted by Gasteiger charge is 2.49. The second-order valence-corrected chi connectivity index (χ2v) is 7.87. The number of carbonyl (C=O) groups is 3. The summed E-state index contributed by atoms with van der Waals surface area (Å²) in [5.74, 6) is -0.376. The number of hydrogen-bond donors (Lipinski definition) is 2. The molecule has 0 unspecified atom stereocenters. The molecule has 0 aromatic heterocycles. The number of ether oxygens (including phenoxy) is 2. The first-order chi connectivity index (χ1) is 15.4. The van der Waals surface area contributed by atoms with E-state index in [1.165, 1.54) is 7.11 Å². The number of nitrogens with one attached hydrogen (secondary N) is 2. The molecule has 0 radical (unpaired) electrons. The maximum Gasteiger partial charge on any atom is 0.325 e. The number of benzene rings is 2. The predicted molar refractivity (Wildman–Crippen MR) is 119 cm³/mol. The summed E-state index contributed by atoms with van der Waals surface area (Å²) >= 11 is 0. The third kappa shape index (κ3) is 4.24. The quantitative estimate of drug-likeness (QED) is 0.669. The Balaban J connectivity index is 1.40. The van der Waals surface area contributed by atoms with Gasteiger partial charge in [0.25, 0.3) is 5.91 Å². The zero-order valence-electron chi connectivity index (χ0n) is 18.1. The number of morpholine rings is 1. The van der Waals surface area contributed by atoms with Crippen molar-refractivity contribution >= 4 is 29.2 Å². The van der Waals surface area contributed by atoms with Crippen LogP contribution < -0.4 is 20.3 Å². The number of hydrogen-bond acceptors (Lipinski definition) is 6. The van der Waals surface area contributed by atoms with E-state index >= 15 is 0 Å². The SMILES string of the molecule is COc1cccc([C@@]2(C)NC(=O)N(CC(=O)Nc3ccc(N4CCOCC4)cc3)C2=O)c1. The van der Waals surface area contributed by atoms with Gasteiger partial charge in [-0.15, -0.1) is 0 Å². The summed E-state index contributed by atoms with van der Waals surface area (Å²) in [6.45, 7) is 4.27. The van der Waals surface area contributed by atoms with Gasteiger partial charge in [-0.25, -0.2) is 4.79 Å². The molecule has 2 N–H and O–H groups in total. The van der Waals surface area contributed by atoms with Gasteiger partial charge in [-0.3, -0.25) is 14.5 Å². The minimum Gasteiger partial charge on any atom is -0.497 e. The van der Waals surface area contributed by atoms with Gasteiger partial charge in [0.05, 0.1) is 20.3 Å². The highest BCUT2D eigenvalue weighted by atomic mass is 16.5. The normalized spacial score (nSPS) is 20.8. The van der Waals surface area contributed by atoms with Crippen LogP contribution in [0.3, 0.4) is 0 Å². The van der Waals surface area contributed by atoms with Gasteiger partial charge in [0.2, 0.25) is 5.91 Å². The van der Waals surface area contributed by atoms with E-state index in [4.69, 9.17) is 9.47 Å². The number of rotatable bonds is 6. The first-order valence-electron chi connectivity index (χ1n) is 10.4. The van der Waals surface area contributed by atoms with Crippen molar-refractivity contribution in [3.05, 3.63) is 54.1 Å².